The lowest BCUT2D eigenvalue weighted by Gasteiger charge is -2.29. The van der Waals surface area contributed by atoms with E-state index in [9.17, 15) is 9.59 Å². The zero-order chi connectivity index (χ0) is 26.7. The second-order valence-electron chi connectivity index (χ2n) is 7.69. The van der Waals surface area contributed by atoms with E-state index in [1.807, 2.05) is 6.92 Å². The number of hydrogen-bond acceptors (Lipinski definition) is 5. The van der Waals surface area contributed by atoms with Crippen molar-refractivity contribution in [3.63, 3.8) is 0 Å². The molecule has 0 saturated carbocycles. The number of amides is 2. The van der Waals surface area contributed by atoms with Crippen LogP contribution in [0.15, 0.2) is 60.2 Å². The van der Waals surface area contributed by atoms with E-state index >= 15 is 0 Å². The first-order chi connectivity index (χ1) is 17.7. The molecule has 6 nitrogen and oxygen atoms in total. The van der Waals surface area contributed by atoms with E-state index in [2.05, 4.69) is 5.32 Å². The molecule has 0 aromatic heterocycles. The lowest BCUT2D eigenvalue weighted by molar-refractivity contribution is -0.122. The molecule has 0 aliphatic carbocycles. The highest BCUT2D eigenvalue weighted by atomic mass is 35.5. The van der Waals surface area contributed by atoms with Gasteiger partial charge in [-0.05, 0) is 67.2 Å². The van der Waals surface area contributed by atoms with Crippen LogP contribution in [0.3, 0.4) is 0 Å². The van der Waals surface area contributed by atoms with Crippen LogP contribution in [-0.2, 0) is 16.2 Å². The number of nitrogens with zero attached hydrogens (tertiary/aromatic N) is 1. The topological polar surface area (TPSA) is 67.9 Å². The van der Waals surface area contributed by atoms with E-state index in [0.717, 1.165) is 10.5 Å². The molecule has 3 aromatic carbocycles. The molecular formula is C26H18Cl4N2O4S. The normalized spacial score (nSPS) is 14.7. The van der Waals surface area contributed by atoms with Gasteiger partial charge in [0.15, 0.2) is 16.6 Å². The van der Waals surface area contributed by atoms with Crippen molar-refractivity contribution in [2.24, 2.45) is 0 Å². The third-order valence-corrected chi connectivity index (χ3v) is 6.93. The van der Waals surface area contributed by atoms with Crippen molar-refractivity contribution >= 4 is 87.3 Å². The Morgan fingerprint density at radius 3 is 2.46 bits per heavy atom. The monoisotopic (exact) mass is 594 g/mol. The minimum Gasteiger partial charge on any atom is -0.490 e. The van der Waals surface area contributed by atoms with Gasteiger partial charge in [0, 0.05) is 15.6 Å². The van der Waals surface area contributed by atoms with E-state index in [1.165, 1.54) is 6.08 Å². The highest BCUT2D eigenvalue weighted by Crippen LogP contribution is 2.35. The second kappa shape index (κ2) is 11.7. The maximum absolute atomic E-state index is 13.3. The molecule has 2 amide bonds. The van der Waals surface area contributed by atoms with Gasteiger partial charge in [0.25, 0.3) is 11.8 Å². The Labute approximate surface area is 238 Å². The molecule has 1 fully saturated rings. The number of carbonyl (C=O) groups excluding carboxylic acids is 2. The Hall–Kier alpha value is -2.81. The maximum Gasteiger partial charge on any atom is 0.270 e. The molecule has 1 N–H and O–H groups in total. The Kier molecular flexibility index (Phi) is 8.62. The van der Waals surface area contributed by atoms with E-state index < -0.39 is 11.8 Å². The third kappa shape index (κ3) is 6.03. The Balaban J connectivity index is 1.63. The van der Waals surface area contributed by atoms with E-state index in [-0.39, 0.29) is 33.0 Å². The molecule has 0 unspecified atom stereocenters. The summed E-state index contributed by atoms with van der Waals surface area (Å²) in [6.45, 7) is 2.38. The van der Waals surface area contributed by atoms with Crippen LogP contribution in [0.1, 0.15) is 18.1 Å². The number of ether oxygens (including phenoxy) is 2. The van der Waals surface area contributed by atoms with Gasteiger partial charge >= 0.3 is 0 Å². The zero-order valence-electron chi connectivity index (χ0n) is 19.2. The van der Waals surface area contributed by atoms with Crippen molar-refractivity contribution < 1.29 is 19.1 Å². The molecule has 1 saturated heterocycles. The van der Waals surface area contributed by atoms with Gasteiger partial charge in [-0.25, -0.2) is 0 Å². The minimum absolute atomic E-state index is 0.101. The van der Waals surface area contributed by atoms with Crippen LogP contribution in [0.2, 0.25) is 20.1 Å². The quantitative estimate of drug-likeness (QED) is 0.179. The standard InChI is InChI=1S/C26H18Cl4N2O4S/c1-2-35-22-11-14(6-9-21(22)36-13-15-7-8-16(27)12-19(15)29)10-17-24(33)31-26(37)32(25(17)34)20-5-3-4-18(28)23(20)30/h3-12H,2,13H2,1H3,(H,31,33,37)/b17-10+. The van der Waals surface area contributed by atoms with Crippen molar-refractivity contribution in [2.45, 2.75) is 13.5 Å². The predicted molar refractivity (Wildman–Crippen MR) is 151 cm³/mol. The fourth-order valence-electron chi connectivity index (χ4n) is 3.50. The molecule has 1 aliphatic rings. The molecule has 0 radical (unpaired) electrons. The highest BCUT2D eigenvalue weighted by Gasteiger charge is 2.35. The Bertz CT molecular complexity index is 1440. The first kappa shape index (κ1) is 27.2. The number of carbonyl (C=O) groups is 2. The number of nitrogens with one attached hydrogen (secondary N) is 1. The number of benzene rings is 3. The number of halogens is 4. The largest absolute Gasteiger partial charge is 0.490 e. The molecule has 0 spiro atoms. The van der Waals surface area contributed by atoms with Crippen LogP contribution in [0.25, 0.3) is 6.08 Å². The highest BCUT2D eigenvalue weighted by molar-refractivity contribution is 7.80. The molecule has 1 heterocycles. The van der Waals surface area contributed by atoms with Gasteiger partial charge in [-0.15, -0.1) is 0 Å². The summed E-state index contributed by atoms with van der Waals surface area (Å²) in [4.78, 5) is 27.2. The SMILES string of the molecule is CCOc1cc(/C=C2\C(=O)NC(=S)N(c3cccc(Cl)c3Cl)C2=O)ccc1OCc1ccc(Cl)cc1Cl. The minimum atomic E-state index is -0.645. The van der Waals surface area contributed by atoms with E-state index in [4.69, 9.17) is 68.1 Å². The summed E-state index contributed by atoms with van der Waals surface area (Å²) in [5.74, 6) is -0.396. The number of rotatable bonds is 7. The summed E-state index contributed by atoms with van der Waals surface area (Å²) in [7, 11) is 0. The first-order valence-electron chi connectivity index (χ1n) is 10.9. The van der Waals surface area contributed by atoms with Crippen molar-refractivity contribution in [3.05, 3.63) is 91.4 Å². The van der Waals surface area contributed by atoms with Gasteiger partial charge in [0.2, 0.25) is 0 Å². The van der Waals surface area contributed by atoms with Gasteiger partial charge in [-0.1, -0.05) is 64.6 Å². The van der Waals surface area contributed by atoms with Crippen molar-refractivity contribution in [1.82, 2.24) is 5.32 Å². The van der Waals surface area contributed by atoms with Crippen LogP contribution in [0, 0.1) is 0 Å². The molecule has 3 aromatic rings. The van der Waals surface area contributed by atoms with Crippen molar-refractivity contribution in [3.8, 4) is 11.5 Å². The summed E-state index contributed by atoms with van der Waals surface area (Å²) in [5, 5.41) is 3.81. The van der Waals surface area contributed by atoms with Gasteiger partial charge < -0.3 is 9.47 Å². The molecule has 37 heavy (non-hydrogen) atoms. The molecule has 11 heteroatoms. The average Bonchev–Trinajstić information content (AvgIpc) is 2.85. The zero-order valence-corrected chi connectivity index (χ0v) is 23.0. The second-order valence-corrected chi connectivity index (χ2v) is 9.71. The third-order valence-electron chi connectivity index (χ3n) is 5.25. The van der Waals surface area contributed by atoms with E-state index in [0.29, 0.717) is 33.7 Å². The molecular weight excluding hydrogens is 578 g/mol. The maximum atomic E-state index is 13.3. The van der Waals surface area contributed by atoms with Crippen LogP contribution < -0.4 is 19.7 Å². The molecule has 0 atom stereocenters. The summed E-state index contributed by atoms with van der Waals surface area (Å²) in [5.41, 5.74) is 1.40. The summed E-state index contributed by atoms with van der Waals surface area (Å²) < 4.78 is 11.7. The molecule has 1 aliphatic heterocycles. The fourth-order valence-corrected chi connectivity index (χ4v) is 4.62. The van der Waals surface area contributed by atoms with Crippen LogP contribution >= 0.6 is 58.6 Å². The number of thiocarbonyl (C=S) groups is 1. The lowest BCUT2D eigenvalue weighted by atomic mass is 10.1. The van der Waals surface area contributed by atoms with Gasteiger partial charge in [-0.2, -0.15) is 0 Å². The van der Waals surface area contributed by atoms with Crippen molar-refractivity contribution in [2.75, 3.05) is 11.5 Å². The van der Waals surface area contributed by atoms with Gasteiger partial charge in [0.05, 0.1) is 22.3 Å². The van der Waals surface area contributed by atoms with Gasteiger partial charge in [0.1, 0.15) is 12.2 Å². The predicted octanol–water partition coefficient (Wildman–Crippen LogP) is 7.11. The smallest absolute Gasteiger partial charge is 0.270 e. The number of anilines is 1. The van der Waals surface area contributed by atoms with Crippen LogP contribution in [-0.4, -0.2) is 23.5 Å². The first-order valence-corrected chi connectivity index (χ1v) is 12.8. The number of hydrogen-bond donors (Lipinski definition) is 1. The summed E-state index contributed by atoms with van der Waals surface area (Å²) in [6.07, 6.45) is 1.44. The van der Waals surface area contributed by atoms with Crippen LogP contribution in [0.5, 0.6) is 11.5 Å². The lowest BCUT2D eigenvalue weighted by Crippen LogP contribution is -2.54. The molecule has 4 rings (SSSR count). The molecule has 0 bridgehead atoms. The average molecular weight is 596 g/mol. The van der Waals surface area contributed by atoms with Gasteiger partial charge in [-0.3, -0.25) is 19.8 Å². The van der Waals surface area contributed by atoms with E-state index in [1.54, 1.807) is 54.6 Å². The Morgan fingerprint density at radius 2 is 1.73 bits per heavy atom. The molecule has 190 valence electrons. The summed E-state index contributed by atoms with van der Waals surface area (Å²) >= 11 is 29.8. The van der Waals surface area contributed by atoms with Crippen molar-refractivity contribution in [1.29, 1.82) is 0 Å². The van der Waals surface area contributed by atoms with Crippen LogP contribution in [0.4, 0.5) is 5.69 Å². The summed E-state index contributed by atoms with van der Waals surface area (Å²) in [6, 6.07) is 15.0. The Morgan fingerprint density at radius 1 is 0.946 bits per heavy atom. The fraction of sp³-hybridized carbons (Fsp3) is 0.115.